The minimum Gasteiger partial charge on any atom is -0.481 e. The number of hydrogen-bond acceptors (Lipinski definition) is 2. The lowest BCUT2D eigenvalue weighted by Crippen LogP contribution is -1.99. The molecule has 0 unspecified atom stereocenters. The average Bonchev–Trinajstić information content (AvgIpc) is 3.30. The van der Waals surface area contributed by atoms with Gasteiger partial charge in [0.05, 0.1) is 19.1 Å². The van der Waals surface area contributed by atoms with Crippen LogP contribution in [0.2, 0.25) is 0 Å². The first-order valence-electron chi connectivity index (χ1n) is 7.17. The van der Waals surface area contributed by atoms with Crippen molar-refractivity contribution in [3.05, 3.63) is 71.3 Å². The van der Waals surface area contributed by atoms with Crippen molar-refractivity contribution >= 4 is 5.97 Å². The van der Waals surface area contributed by atoms with Crippen LogP contribution in [0, 0.1) is 5.92 Å². The Hall–Kier alpha value is -2.13. The standard InChI is InChI=1S/C18H18O3/c19-18(20)17-10-16(17)15-8-6-14(7-9-15)12-21-11-13-4-2-1-3-5-13/h1-9,16-17H,10-12H2,(H,19,20)/t16-,17+/m0/s1. The number of aliphatic carboxylic acids is 1. The summed E-state index contributed by atoms with van der Waals surface area (Å²) in [5.41, 5.74) is 3.40. The number of ether oxygens (including phenoxy) is 1. The quantitative estimate of drug-likeness (QED) is 0.880. The van der Waals surface area contributed by atoms with Crippen LogP contribution in [-0.4, -0.2) is 11.1 Å². The van der Waals surface area contributed by atoms with E-state index in [1.165, 1.54) is 0 Å². The number of rotatable bonds is 6. The highest BCUT2D eigenvalue weighted by atomic mass is 16.5. The van der Waals surface area contributed by atoms with E-state index in [-0.39, 0.29) is 11.8 Å². The van der Waals surface area contributed by atoms with Crippen LogP contribution in [0.25, 0.3) is 0 Å². The molecule has 1 saturated carbocycles. The Kier molecular flexibility index (Phi) is 4.02. The summed E-state index contributed by atoms with van der Waals surface area (Å²) in [5.74, 6) is -0.678. The Morgan fingerprint density at radius 1 is 1.00 bits per heavy atom. The summed E-state index contributed by atoms with van der Waals surface area (Å²) in [6.45, 7) is 1.18. The highest BCUT2D eigenvalue weighted by Crippen LogP contribution is 2.47. The van der Waals surface area contributed by atoms with E-state index in [0.717, 1.165) is 23.1 Å². The molecule has 0 heterocycles. The van der Waals surface area contributed by atoms with Gasteiger partial charge in [0.15, 0.2) is 0 Å². The van der Waals surface area contributed by atoms with Gasteiger partial charge in [-0.1, -0.05) is 54.6 Å². The van der Waals surface area contributed by atoms with Crippen molar-refractivity contribution < 1.29 is 14.6 Å². The van der Waals surface area contributed by atoms with E-state index in [1.54, 1.807) is 0 Å². The van der Waals surface area contributed by atoms with Gasteiger partial charge in [-0.2, -0.15) is 0 Å². The monoisotopic (exact) mass is 282 g/mol. The maximum Gasteiger partial charge on any atom is 0.307 e. The molecular weight excluding hydrogens is 264 g/mol. The minimum atomic E-state index is -0.685. The van der Waals surface area contributed by atoms with Crippen LogP contribution >= 0.6 is 0 Å². The molecule has 1 aliphatic carbocycles. The van der Waals surface area contributed by atoms with E-state index in [2.05, 4.69) is 0 Å². The highest BCUT2D eigenvalue weighted by molar-refractivity contribution is 5.75. The largest absolute Gasteiger partial charge is 0.481 e. The molecule has 3 heteroatoms. The van der Waals surface area contributed by atoms with Crippen molar-refractivity contribution in [2.45, 2.75) is 25.6 Å². The Bertz CT molecular complexity index is 604. The average molecular weight is 282 g/mol. The van der Waals surface area contributed by atoms with E-state index < -0.39 is 5.97 Å². The predicted octanol–water partition coefficient (Wildman–Crippen LogP) is 3.59. The molecule has 0 spiro atoms. The van der Waals surface area contributed by atoms with Gasteiger partial charge in [-0.3, -0.25) is 4.79 Å². The maximum absolute atomic E-state index is 10.9. The fourth-order valence-corrected chi connectivity index (χ4v) is 2.56. The zero-order valence-electron chi connectivity index (χ0n) is 11.7. The summed E-state index contributed by atoms with van der Waals surface area (Å²) < 4.78 is 5.69. The molecule has 1 aliphatic rings. The lowest BCUT2D eigenvalue weighted by Gasteiger charge is -2.06. The first-order valence-corrected chi connectivity index (χ1v) is 7.17. The molecule has 1 fully saturated rings. The summed E-state index contributed by atoms with van der Waals surface area (Å²) in [7, 11) is 0. The molecule has 0 bridgehead atoms. The summed E-state index contributed by atoms with van der Waals surface area (Å²) in [4.78, 5) is 10.9. The molecule has 108 valence electrons. The fraction of sp³-hybridized carbons (Fsp3) is 0.278. The van der Waals surface area contributed by atoms with Gasteiger partial charge in [0.2, 0.25) is 0 Å². The predicted molar refractivity (Wildman–Crippen MR) is 79.9 cm³/mol. The first-order chi connectivity index (χ1) is 10.2. The molecule has 3 nitrogen and oxygen atoms in total. The summed E-state index contributed by atoms with van der Waals surface area (Å²) in [6, 6.07) is 18.2. The van der Waals surface area contributed by atoms with Crippen molar-refractivity contribution in [2.75, 3.05) is 0 Å². The van der Waals surface area contributed by atoms with Gasteiger partial charge in [0.25, 0.3) is 0 Å². The normalized spacial score (nSPS) is 20.2. The van der Waals surface area contributed by atoms with E-state index in [4.69, 9.17) is 9.84 Å². The fourth-order valence-electron chi connectivity index (χ4n) is 2.56. The van der Waals surface area contributed by atoms with Crippen molar-refractivity contribution in [1.82, 2.24) is 0 Å². The van der Waals surface area contributed by atoms with Gasteiger partial charge >= 0.3 is 5.97 Å². The third kappa shape index (κ3) is 3.50. The molecule has 2 aromatic rings. The molecule has 0 radical (unpaired) electrons. The number of carbonyl (C=O) groups is 1. The highest BCUT2D eigenvalue weighted by Gasteiger charge is 2.43. The van der Waals surface area contributed by atoms with Crippen LogP contribution in [0.4, 0.5) is 0 Å². The van der Waals surface area contributed by atoms with Crippen LogP contribution in [0.3, 0.4) is 0 Å². The molecule has 21 heavy (non-hydrogen) atoms. The number of hydrogen-bond donors (Lipinski definition) is 1. The Balaban J connectivity index is 1.50. The van der Waals surface area contributed by atoms with Crippen LogP contribution < -0.4 is 0 Å². The third-order valence-corrected chi connectivity index (χ3v) is 3.90. The second-order valence-corrected chi connectivity index (χ2v) is 5.51. The Morgan fingerprint density at radius 2 is 1.62 bits per heavy atom. The van der Waals surface area contributed by atoms with Gasteiger partial charge < -0.3 is 9.84 Å². The van der Waals surface area contributed by atoms with Gasteiger partial charge in [-0.25, -0.2) is 0 Å². The molecular formula is C18H18O3. The number of carboxylic acids is 1. The molecule has 2 aromatic carbocycles. The number of benzene rings is 2. The van der Waals surface area contributed by atoms with Crippen LogP contribution in [0.1, 0.15) is 29.0 Å². The topological polar surface area (TPSA) is 46.5 Å². The molecule has 0 saturated heterocycles. The SMILES string of the molecule is O=C(O)[C@@H]1C[C@H]1c1ccc(COCc2ccccc2)cc1. The zero-order valence-corrected chi connectivity index (χ0v) is 11.7. The Morgan fingerprint density at radius 3 is 2.19 bits per heavy atom. The second-order valence-electron chi connectivity index (χ2n) is 5.51. The summed E-state index contributed by atoms with van der Waals surface area (Å²) in [6.07, 6.45) is 0.763. The van der Waals surface area contributed by atoms with E-state index in [9.17, 15) is 4.79 Å². The molecule has 2 atom stereocenters. The number of carboxylic acid groups (broad SMARTS) is 1. The molecule has 1 N–H and O–H groups in total. The van der Waals surface area contributed by atoms with Crippen molar-refractivity contribution in [2.24, 2.45) is 5.92 Å². The van der Waals surface area contributed by atoms with Crippen molar-refractivity contribution in [3.8, 4) is 0 Å². The van der Waals surface area contributed by atoms with Gasteiger partial charge in [0, 0.05) is 0 Å². The summed E-state index contributed by atoms with van der Waals surface area (Å²) in [5, 5.41) is 8.94. The smallest absolute Gasteiger partial charge is 0.307 e. The van der Waals surface area contributed by atoms with Gasteiger partial charge in [0.1, 0.15) is 0 Å². The molecule has 0 aliphatic heterocycles. The van der Waals surface area contributed by atoms with Crippen molar-refractivity contribution in [3.63, 3.8) is 0 Å². The molecule has 3 rings (SSSR count). The van der Waals surface area contributed by atoms with Crippen molar-refractivity contribution in [1.29, 1.82) is 0 Å². The lowest BCUT2D eigenvalue weighted by atomic mass is 10.1. The maximum atomic E-state index is 10.9. The van der Waals surface area contributed by atoms with E-state index in [1.807, 2.05) is 54.6 Å². The van der Waals surface area contributed by atoms with Gasteiger partial charge in [-0.05, 0) is 29.0 Å². The zero-order chi connectivity index (χ0) is 14.7. The van der Waals surface area contributed by atoms with Crippen LogP contribution in [0.5, 0.6) is 0 Å². The van der Waals surface area contributed by atoms with E-state index in [0.29, 0.717) is 13.2 Å². The first kappa shape index (κ1) is 13.8. The molecule has 0 aromatic heterocycles. The lowest BCUT2D eigenvalue weighted by molar-refractivity contribution is -0.138. The van der Waals surface area contributed by atoms with E-state index >= 15 is 0 Å². The molecule has 0 amide bonds. The second kappa shape index (κ2) is 6.10. The minimum absolute atomic E-state index is 0.190. The summed E-state index contributed by atoms with van der Waals surface area (Å²) >= 11 is 0. The Labute approximate surface area is 124 Å². The third-order valence-electron chi connectivity index (χ3n) is 3.90. The van der Waals surface area contributed by atoms with Crippen LogP contribution in [-0.2, 0) is 22.7 Å². The van der Waals surface area contributed by atoms with Crippen LogP contribution in [0.15, 0.2) is 54.6 Å². The van der Waals surface area contributed by atoms with Gasteiger partial charge in [-0.15, -0.1) is 0 Å².